The highest BCUT2D eigenvalue weighted by Gasteiger charge is 2.23. The van der Waals surface area contributed by atoms with Gasteiger partial charge < -0.3 is 19.5 Å². The van der Waals surface area contributed by atoms with E-state index >= 15 is 0 Å². The van der Waals surface area contributed by atoms with Crippen LogP contribution in [0.15, 0.2) is 41.1 Å². The maximum atomic E-state index is 12.4. The van der Waals surface area contributed by atoms with Crippen LogP contribution in [-0.4, -0.2) is 40.7 Å². The molecule has 0 atom stereocenters. The molecule has 0 unspecified atom stereocenters. The Labute approximate surface area is 167 Å². The maximum Gasteiger partial charge on any atom is 0.407 e. The second-order valence-electron chi connectivity index (χ2n) is 6.65. The SMILES string of the molecule is CC(C)(C)OC(=O)NCCN(C(=O)C(Cl)Cl)c1cccc(-c2ccno2)c1. The van der Waals surface area contributed by atoms with Crippen molar-refractivity contribution in [3.05, 3.63) is 36.5 Å². The number of nitrogens with one attached hydrogen (secondary N) is 1. The van der Waals surface area contributed by atoms with Crippen molar-refractivity contribution in [2.24, 2.45) is 0 Å². The second-order valence-corrected chi connectivity index (χ2v) is 7.74. The van der Waals surface area contributed by atoms with Gasteiger partial charge in [0.2, 0.25) is 0 Å². The lowest BCUT2D eigenvalue weighted by molar-refractivity contribution is -0.117. The maximum absolute atomic E-state index is 12.4. The number of hydrogen-bond donors (Lipinski definition) is 1. The Kier molecular flexibility index (Phi) is 7.10. The van der Waals surface area contributed by atoms with E-state index in [9.17, 15) is 9.59 Å². The first-order valence-corrected chi connectivity index (χ1v) is 9.12. The van der Waals surface area contributed by atoms with Gasteiger partial charge in [-0.05, 0) is 32.9 Å². The van der Waals surface area contributed by atoms with Gasteiger partial charge in [0.15, 0.2) is 10.6 Å². The van der Waals surface area contributed by atoms with Crippen LogP contribution in [0.1, 0.15) is 20.8 Å². The smallest absolute Gasteiger partial charge is 0.407 e. The van der Waals surface area contributed by atoms with Gasteiger partial charge in [-0.1, -0.05) is 40.5 Å². The lowest BCUT2D eigenvalue weighted by Gasteiger charge is -2.25. The zero-order valence-electron chi connectivity index (χ0n) is 15.2. The topological polar surface area (TPSA) is 84.7 Å². The van der Waals surface area contributed by atoms with Crippen molar-refractivity contribution in [1.82, 2.24) is 10.5 Å². The van der Waals surface area contributed by atoms with Crippen molar-refractivity contribution >= 4 is 40.9 Å². The van der Waals surface area contributed by atoms with Crippen LogP contribution in [0.3, 0.4) is 0 Å². The summed E-state index contributed by atoms with van der Waals surface area (Å²) >= 11 is 11.5. The summed E-state index contributed by atoms with van der Waals surface area (Å²) in [7, 11) is 0. The fourth-order valence-electron chi connectivity index (χ4n) is 2.26. The molecule has 0 saturated heterocycles. The molecule has 0 aliphatic rings. The van der Waals surface area contributed by atoms with Crippen molar-refractivity contribution in [3.63, 3.8) is 0 Å². The predicted molar refractivity (Wildman–Crippen MR) is 104 cm³/mol. The van der Waals surface area contributed by atoms with E-state index in [-0.39, 0.29) is 13.1 Å². The Morgan fingerprint density at radius 1 is 1.30 bits per heavy atom. The molecule has 0 aliphatic carbocycles. The zero-order chi connectivity index (χ0) is 20.0. The van der Waals surface area contributed by atoms with Gasteiger partial charge in [-0.3, -0.25) is 4.79 Å². The van der Waals surface area contributed by atoms with E-state index in [1.807, 2.05) is 6.07 Å². The first kappa shape index (κ1) is 21.1. The minimum atomic E-state index is -1.24. The lowest BCUT2D eigenvalue weighted by Crippen LogP contribution is -2.42. The standard InChI is InChI=1S/C18H21Cl2N3O4/c1-18(2,3)26-17(25)21-9-10-23(16(24)15(19)20)13-6-4-5-12(11-13)14-7-8-22-27-14/h4-8,11,15H,9-10H2,1-3H3,(H,21,25). The summed E-state index contributed by atoms with van der Waals surface area (Å²) in [5.41, 5.74) is 0.692. The van der Waals surface area contributed by atoms with Gasteiger partial charge in [-0.2, -0.15) is 0 Å². The number of rotatable bonds is 6. The molecule has 2 rings (SSSR count). The van der Waals surface area contributed by atoms with Crippen LogP contribution in [0, 0.1) is 0 Å². The Balaban J connectivity index is 2.12. The average molecular weight is 414 g/mol. The summed E-state index contributed by atoms with van der Waals surface area (Å²) in [5.74, 6) is 0.0588. The number of anilines is 1. The first-order chi connectivity index (χ1) is 12.7. The molecule has 2 aromatic rings. The third kappa shape index (κ3) is 6.45. The van der Waals surface area contributed by atoms with E-state index in [0.29, 0.717) is 11.4 Å². The van der Waals surface area contributed by atoms with Gasteiger partial charge in [0, 0.05) is 30.4 Å². The van der Waals surface area contributed by atoms with Crippen LogP contribution in [0.2, 0.25) is 0 Å². The lowest BCUT2D eigenvalue weighted by atomic mass is 10.1. The minimum absolute atomic E-state index is 0.160. The molecule has 0 spiro atoms. The Bertz CT molecular complexity index is 773. The fraction of sp³-hybridized carbons (Fsp3) is 0.389. The van der Waals surface area contributed by atoms with Gasteiger partial charge in [-0.15, -0.1) is 0 Å². The van der Waals surface area contributed by atoms with Crippen LogP contribution in [0.4, 0.5) is 10.5 Å². The summed E-state index contributed by atoms with van der Waals surface area (Å²) in [6.45, 7) is 5.62. The Morgan fingerprint density at radius 2 is 2.04 bits per heavy atom. The molecule has 1 aromatic heterocycles. The summed E-state index contributed by atoms with van der Waals surface area (Å²) in [4.78, 5) is 24.4. The number of benzene rings is 1. The number of hydrogen-bond acceptors (Lipinski definition) is 5. The summed E-state index contributed by atoms with van der Waals surface area (Å²) in [6.07, 6.45) is 0.960. The van der Waals surface area contributed by atoms with E-state index in [1.54, 1.807) is 45.0 Å². The highest BCUT2D eigenvalue weighted by molar-refractivity contribution is 6.54. The van der Waals surface area contributed by atoms with Crippen molar-refractivity contribution in [2.75, 3.05) is 18.0 Å². The normalized spacial score (nSPS) is 11.3. The van der Waals surface area contributed by atoms with Crippen LogP contribution in [-0.2, 0) is 9.53 Å². The van der Waals surface area contributed by atoms with E-state index < -0.39 is 22.4 Å². The highest BCUT2D eigenvalue weighted by atomic mass is 35.5. The van der Waals surface area contributed by atoms with Crippen molar-refractivity contribution in [3.8, 4) is 11.3 Å². The minimum Gasteiger partial charge on any atom is -0.444 e. The van der Waals surface area contributed by atoms with Gasteiger partial charge >= 0.3 is 6.09 Å². The van der Waals surface area contributed by atoms with Crippen molar-refractivity contribution < 1.29 is 18.8 Å². The van der Waals surface area contributed by atoms with Crippen LogP contribution in [0.5, 0.6) is 0 Å². The van der Waals surface area contributed by atoms with E-state index in [1.165, 1.54) is 11.1 Å². The number of carbonyl (C=O) groups is 2. The van der Waals surface area contributed by atoms with E-state index in [4.69, 9.17) is 32.5 Å². The molecular formula is C18H21Cl2N3O4. The molecule has 1 heterocycles. The quantitative estimate of drug-likeness (QED) is 0.723. The second kappa shape index (κ2) is 9.10. The molecule has 1 N–H and O–H groups in total. The number of alkyl halides is 2. The largest absolute Gasteiger partial charge is 0.444 e. The molecular weight excluding hydrogens is 393 g/mol. The van der Waals surface area contributed by atoms with Crippen LogP contribution >= 0.6 is 23.2 Å². The van der Waals surface area contributed by atoms with Crippen LogP contribution in [0.25, 0.3) is 11.3 Å². The third-order valence-electron chi connectivity index (χ3n) is 3.34. The van der Waals surface area contributed by atoms with Gasteiger partial charge in [-0.25, -0.2) is 4.79 Å². The van der Waals surface area contributed by atoms with Gasteiger partial charge in [0.25, 0.3) is 5.91 Å². The van der Waals surface area contributed by atoms with Crippen molar-refractivity contribution in [1.29, 1.82) is 0 Å². The van der Waals surface area contributed by atoms with E-state index in [0.717, 1.165) is 5.56 Å². The van der Waals surface area contributed by atoms with Crippen molar-refractivity contribution in [2.45, 2.75) is 31.2 Å². The molecule has 2 amide bonds. The summed E-state index contributed by atoms with van der Waals surface area (Å²) in [6, 6.07) is 8.79. The monoisotopic (exact) mass is 413 g/mol. The molecule has 9 heteroatoms. The number of carbonyl (C=O) groups excluding carboxylic acids is 2. The molecule has 0 bridgehead atoms. The number of nitrogens with zero attached hydrogens (tertiary/aromatic N) is 2. The van der Waals surface area contributed by atoms with E-state index in [2.05, 4.69) is 10.5 Å². The molecule has 1 aromatic carbocycles. The molecule has 27 heavy (non-hydrogen) atoms. The molecule has 0 fully saturated rings. The summed E-state index contributed by atoms with van der Waals surface area (Å²) in [5, 5.41) is 6.28. The van der Waals surface area contributed by atoms with Gasteiger partial charge in [0.1, 0.15) is 5.60 Å². The van der Waals surface area contributed by atoms with Crippen LogP contribution < -0.4 is 10.2 Å². The highest BCUT2D eigenvalue weighted by Crippen LogP contribution is 2.25. The summed E-state index contributed by atoms with van der Waals surface area (Å²) < 4.78 is 10.3. The molecule has 146 valence electrons. The fourth-order valence-corrected chi connectivity index (χ4v) is 2.50. The Morgan fingerprint density at radius 3 is 2.63 bits per heavy atom. The zero-order valence-corrected chi connectivity index (χ0v) is 16.8. The number of halogens is 2. The number of alkyl carbamates (subject to hydrolysis) is 1. The third-order valence-corrected chi connectivity index (χ3v) is 3.71. The molecule has 7 nitrogen and oxygen atoms in total. The Hall–Kier alpha value is -2.25. The molecule has 0 aliphatic heterocycles. The number of aromatic nitrogens is 1. The number of amides is 2. The molecule has 0 radical (unpaired) electrons. The molecule has 0 saturated carbocycles. The average Bonchev–Trinajstić information content (AvgIpc) is 3.11. The predicted octanol–water partition coefficient (Wildman–Crippen LogP) is 4.00. The number of ether oxygens (including phenoxy) is 1. The first-order valence-electron chi connectivity index (χ1n) is 8.25. The van der Waals surface area contributed by atoms with Gasteiger partial charge in [0.05, 0.1) is 6.20 Å².